The Morgan fingerprint density at radius 1 is 1.37 bits per heavy atom. The molecule has 2 aromatic rings. The fourth-order valence-electron chi connectivity index (χ4n) is 3.58. The number of rotatable bonds is 5. The van der Waals surface area contributed by atoms with Gasteiger partial charge in [0.15, 0.2) is 0 Å². The van der Waals surface area contributed by atoms with E-state index in [4.69, 9.17) is 4.74 Å². The first-order chi connectivity index (χ1) is 14.0. The molecule has 2 heterocycles. The molecule has 2 atom stereocenters. The van der Waals surface area contributed by atoms with Gasteiger partial charge in [0.2, 0.25) is 5.91 Å². The van der Waals surface area contributed by atoms with Gasteiger partial charge in [0.25, 0.3) is 0 Å². The molecule has 0 spiro atoms. The molecular weight excluding hydrogens is 406 g/mol. The molecule has 0 saturated carbocycles. The Bertz CT molecular complexity index is 937. The van der Waals surface area contributed by atoms with Gasteiger partial charge in [-0.3, -0.25) is 9.69 Å². The number of carbonyl (C=O) groups is 2. The fraction of sp³-hybridized carbons (Fsp3) is 0.476. The van der Waals surface area contributed by atoms with E-state index in [0.29, 0.717) is 12.0 Å². The van der Waals surface area contributed by atoms with Crippen molar-refractivity contribution in [3.63, 3.8) is 0 Å². The van der Waals surface area contributed by atoms with E-state index in [1.54, 1.807) is 17.6 Å². The summed E-state index contributed by atoms with van der Waals surface area (Å²) in [5.74, 6) is -0.338. The van der Waals surface area contributed by atoms with Crippen molar-refractivity contribution in [1.82, 2.24) is 15.2 Å². The van der Waals surface area contributed by atoms with Gasteiger partial charge in [0.1, 0.15) is 11.8 Å². The first-order valence-corrected chi connectivity index (χ1v) is 10.6. The minimum Gasteiger partial charge on any atom is -0.508 e. The van der Waals surface area contributed by atoms with Gasteiger partial charge in [-0.1, -0.05) is 12.1 Å². The molecule has 0 bridgehead atoms. The quantitative estimate of drug-likeness (QED) is 0.666. The zero-order valence-corrected chi connectivity index (χ0v) is 18.3. The second-order valence-electron chi connectivity index (χ2n) is 8.37. The summed E-state index contributed by atoms with van der Waals surface area (Å²) in [5, 5.41) is 22.6. The normalized spacial score (nSPS) is 19.1. The van der Waals surface area contributed by atoms with Crippen LogP contribution in [0.2, 0.25) is 0 Å². The minimum absolute atomic E-state index is 0.0658. The lowest BCUT2D eigenvalue weighted by atomic mass is 10.1. The molecule has 1 aromatic carbocycles. The summed E-state index contributed by atoms with van der Waals surface area (Å²) >= 11 is 1.49. The van der Waals surface area contributed by atoms with Crippen LogP contribution in [-0.4, -0.2) is 56.4 Å². The number of aromatic nitrogens is 1. The Morgan fingerprint density at radius 3 is 2.67 bits per heavy atom. The number of phenols is 1. The molecule has 2 amide bonds. The van der Waals surface area contributed by atoms with Crippen molar-refractivity contribution in [3.8, 4) is 16.2 Å². The number of carbonyl (C=O) groups excluding carboxylic acids is 1. The maximum Gasteiger partial charge on any atom is 0.408 e. The van der Waals surface area contributed by atoms with Crippen LogP contribution in [0, 0.1) is 6.92 Å². The summed E-state index contributed by atoms with van der Waals surface area (Å²) in [6, 6.07) is 4.44. The van der Waals surface area contributed by atoms with E-state index >= 15 is 0 Å². The number of benzene rings is 1. The molecule has 1 aromatic heterocycles. The lowest BCUT2D eigenvalue weighted by molar-refractivity contribution is -0.125. The van der Waals surface area contributed by atoms with E-state index in [9.17, 15) is 19.8 Å². The van der Waals surface area contributed by atoms with Crippen LogP contribution in [0.1, 0.15) is 38.4 Å². The van der Waals surface area contributed by atoms with Crippen LogP contribution in [-0.2, 0) is 16.1 Å². The molecule has 0 unspecified atom stereocenters. The highest BCUT2D eigenvalue weighted by atomic mass is 32.1. The number of aryl methyl sites for hydroxylation is 1. The zero-order chi connectivity index (χ0) is 22.1. The van der Waals surface area contributed by atoms with Crippen LogP contribution in [0.5, 0.6) is 5.75 Å². The molecule has 1 aliphatic rings. The molecule has 3 N–H and O–H groups in total. The molecule has 3 rings (SSSR count). The van der Waals surface area contributed by atoms with Gasteiger partial charge in [-0.25, -0.2) is 9.78 Å². The lowest BCUT2D eigenvalue weighted by Gasteiger charge is -2.24. The molecular formula is C21H27N3O5S. The first-order valence-electron chi connectivity index (χ1n) is 9.72. The Balaban J connectivity index is 1.65. The molecule has 1 aliphatic heterocycles. The smallest absolute Gasteiger partial charge is 0.408 e. The number of hydrogen-bond donors (Lipinski definition) is 3. The third-order valence-electron chi connectivity index (χ3n) is 4.88. The fourth-order valence-corrected chi connectivity index (χ4v) is 4.38. The molecule has 0 aliphatic carbocycles. The minimum atomic E-state index is -1.15. The number of likely N-dealkylation sites (tertiary alicyclic amines) is 1. The molecule has 8 nitrogen and oxygen atoms in total. The summed E-state index contributed by atoms with van der Waals surface area (Å²) in [4.78, 5) is 30.6. The number of aromatic hydroxyl groups is 1. The Hall–Kier alpha value is -2.65. The highest BCUT2D eigenvalue weighted by Crippen LogP contribution is 2.31. The highest BCUT2D eigenvalue weighted by Gasteiger charge is 2.41. The number of hydrogen-bond acceptors (Lipinski definition) is 6. The summed E-state index contributed by atoms with van der Waals surface area (Å²) in [7, 11) is 0. The van der Waals surface area contributed by atoms with Crippen molar-refractivity contribution in [2.24, 2.45) is 0 Å². The van der Waals surface area contributed by atoms with Gasteiger partial charge in [0, 0.05) is 18.5 Å². The zero-order valence-electron chi connectivity index (χ0n) is 17.5. The molecule has 162 valence electrons. The molecule has 9 heteroatoms. The maximum absolute atomic E-state index is 12.7. The SMILES string of the molecule is Cc1ncsc1-c1ccc(CNC(=O)[C@@H]2C[C@@H](OC(C)(C)C)CN2C(=O)O)c(O)c1. The van der Waals surface area contributed by atoms with Crippen LogP contribution in [0.3, 0.4) is 0 Å². The van der Waals surface area contributed by atoms with Crippen LogP contribution in [0.25, 0.3) is 10.4 Å². The summed E-state index contributed by atoms with van der Waals surface area (Å²) in [6.07, 6.45) is -1.19. The van der Waals surface area contributed by atoms with E-state index in [0.717, 1.165) is 21.0 Å². The van der Waals surface area contributed by atoms with Crippen molar-refractivity contribution in [1.29, 1.82) is 0 Å². The van der Waals surface area contributed by atoms with Crippen molar-refractivity contribution < 1.29 is 24.5 Å². The number of ether oxygens (including phenoxy) is 1. The number of nitrogens with zero attached hydrogens (tertiary/aromatic N) is 2. The van der Waals surface area contributed by atoms with E-state index in [-0.39, 0.29) is 24.9 Å². The molecule has 0 radical (unpaired) electrons. The van der Waals surface area contributed by atoms with Gasteiger partial charge in [0.05, 0.1) is 34.3 Å². The standard InChI is InChI=1S/C21H27N3O5S/c1-12-18(30-11-23-12)13-5-6-14(17(25)7-13)9-22-19(26)16-8-15(29-21(2,3)4)10-24(16)20(27)28/h5-7,11,15-16,25H,8-10H2,1-4H3,(H,22,26)(H,27,28)/t15-,16+/m1/s1. The van der Waals surface area contributed by atoms with E-state index < -0.39 is 23.6 Å². The number of phenolic OH excluding ortho intramolecular Hbond substituents is 1. The first kappa shape index (κ1) is 22.0. The van der Waals surface area contributed by atoms with Gasteiger partial charge in [-0.2, -0.15) is 0 Å². The van der Waals surface area contributed by atoms with Crippen LogP contribution in [0.4, 0.5) is 4.79 Å². The Morgan fingerprint density at radius 2 is 2.10 bits per heavy atom. The second-order valence-corrected chi connectivity index (χ2v) is 9.22. The van der Waals surface area contributed by atoms with Crippen LogP contribution in [0.15, 0.2) is 23.7 Å². The van der Waals surface area contributed by atoms with E-state index in [2.05, 4.69) is 10.3 Å². The van der Waals surface area contributed by atoms with E-state index in [1.165, 1.54) is 11.3 Å². The molecule has 1 fully saturated rings. The monoisotopic (exact) mass is 433 g/mol. The highest BCUT2D eigenvalue weighted by molar-refractivity contribution is 7.13. The predicted octanol–water partition coefficient (Wildman–Crippen LogP) is 3.38. The van der Waals surface area contributed by atoms with Gasteiger partial charge < -0.3 is 20.3 Å². The summed E-state index contributed by atoms with van der Waals surface area (Å²) in [5.41, 5.74) is 3.63. The average molecular weight is 434 g/mol. The largest absolute Gasteiger partial charge is 0.508 e. The number of carboxylic acid groups (broad SMARTS) is 1. The molecule has 1 saturated heterocycles. The average Bonchev–Trinajstić information content (AvgIpc) is 3.25. The predicted molar refractivity (Wildman–Crippen MR) is 114 cm³/mol. The van der Waals surface area contributed by atoms with Crippen LogP contribution >= 0.6 is 11.3 Å². The topological polar surface area (TPSA) is 112 Å². The Kier molecular flexibility index (Phi) is 6.33. The summed E-state index contributed by atoms with van der Waals surface area (Å²) < 4.78 is 5.87. The number of amides is 2. The van der Waals surface area contributed by atoms with E-state index in [1.807, 2.05) is 33.8 Å². The third kappa shape index (κ3) is 5.09. The third-order valence-corrected chi connectivity index (χ3v) is 5.85. The summed E-state index contributed by atoms with van der Waals surface area (Å²) in [6.45, 7) is 7.84. The maximum atomic E-state index is 12.7. The van der Waals surface area contributed by atoms with Gasteiger partial charge >= 0.3 is 6.09 Å². The van der Waals surface area contributed by atoms with Gasteiger partial charge in [-0.15, -0.1) is 11.3 Å². The molecule has 30 heavy (non-hydrogen) atoms. The van der Waals surface area contributed by atoms with Crippen molar-refractivity contribution >= 4 is 23.3 Å². The second kappa shape index (κ2) is 8.61. The van der Waals surface area contributed by atoms with Crippen molar-refractivity contribution in [2.75, 3.05) is 6.54 Å². The van der Waals surface area contributed by atoms with Gasteiger partial charge in [-0.05, 0) is 39.3 Å². The Labute approximate surface area is 179 Å². The van der Waals surface area contributed by atoms with Crippen molar-refractivity contribution in [3.05, 3.63) is 35.0 Å². The van der Waals surface area contributed by atoms with Crippen LogP contribution < -0.4 is 5.32 Å². The lowest BCUT2D eigenvalue weighted by Crippen LogP contribution is -2.45. The van der Waals surface area contributed by atoms with Crippen molar-refractivity contribution in [2.45, 2.75) is 58.4 Å². The number of nitrogens with one attached hydrogen (secondary N) is 1. The number of thiazole rings is 1.